The van der Waals surface area contributed by atoms with Crippen LogP contribution in [0, 0.1) is 6.92 Å². The van der Waals surface area contributed by atoms with Gasteiger partial charge in [0.25, 0.3) is 5.56 Å². The molecule has 0 aliphatic heterocycles. The molecule has 0 aliphatic carbocycles. The number of amides is 1. The van der Waals surface area contributed by atoms with Crippen molar-refractivity contribution in [1.82, 2.24) is 14.9 Å². The van der Waals surface area contributed by atoms with Crippen molar-refractivity contribution in [1.29, 1.82) is 0 Å². The number of nitrogens with zero attached hydrogens (tertiary/aromatic N) is 2. The highest BCUT2D eigenvalue weighted by Crippen LogP contribution is 2.21. The minimum absolute atomic E-state index is 0.0815. The number of carbonyl (C=O) groups is 1. The molecule has 0 spiro atoms. The molecule has 1 N–H and O–H groups in total. The summed E-state index contributed by atoms with van der Waals surface area (Å²) >= 11 is 1.24. The normalized spacial score (nSPS) is 12.1. The van der Waals surface area contributed by atoms with Gasteiger partial charge in [-0.25, -0.2) is 4.98 Å². The Morgan fingerprint density at radius 2 is 1.93 bits per heavy atom. The van der Waals surface area contributed by atoms with Crippen LogP contribution in [0.2, 0.25) is 0 Å². The number of methoxy groups -OCH3 is 1. The Kier molecular flexibility index (Phi) is 6.49. The minimum Gasteiger partial charge on any atom is -0.383 e. The molecule has 0 bridgehead atoms. The average molecular weight is 398 g/mol. The van der Waals surface area contributed by atoms with E-state index >= 15 is 0 Å². The van der Waals surface area contributed by atoms with Crippen molar-refractivity contribution in [2.45, 2.75) is 25.0 Å². The molecule has 2 aromatic carbocycles. The molecule has 7 heteroatoms. The molecule has 6 nitrogen and oxygen atoms in total. The maximum Gasteiger partial charge on any atom is 0.266 e. The standard InChI is InChI=1S/C21H23N3O3S/c1-14-8-10-16(11-9-14)24-20(26)17-6-4-5-7-18(17)23-21(24)28-13-19(25)22-15(2)12-27-3/h4-11,15H,12-13H2,1-3H3,(H,22,25)/t15-/m1/s1. The Morgan fingerprint density at radius 1 is 1.21 bits per heavy atom. The van der Waals surface area contributed by atoms with E-state index in [0.717, 1.165) is 11.3 Å². The summed E-state index contributed by atoms with van der Waals surface area (Å²) in [6.07, 6.45) is 0. The Hall–Kier alpha value is -2.64. The first kappa shape index (κ1) is 20.1. The number of aromatic nitrogens is 2. The van der Waals surface area contributed by atoms with Crippen LogP contribution in [0.5, 0.6) is 0 Å². The monoisotopic (exact) mass is 397 g/mol. The van der Waals surface area contributed by atoms with E-state index in [2.05, 4.69) is 10.3 Å². The lowest BCUT2D eigenvalue weighted by atomic mass is 10.2. The number of hydrogen-bond donors (Lipinski definition) is 1. The summed E-state index contributed by atoms with van der Waals surface area (Å²) in [6, 6.07) is 14.8. The van der Waals surface area contributed by atoms with Gasteiger partial charge in [-0.05, 0) is 38.1 Å². The van der Waals surface area contributed by atoms with Crippen molar-refractivity contribution in [3.05, 3.63) is 64.4 Å². The summed E-state index contributed by atoms with van der Waals surface area (Å²) < 4.78 is 6.61. The first-order valence-corrected chi connectivity index (χ1v) is 9.98. The van der Waals surface area contributed by atoms with Gasteiger partial charge in [0, 0.05) is 13.2 Å². The Morgan fingerprint density at radius 3 is 2.64 bits per heavy atom. The summed E-state index contributed by atoms with van der Waals surface area (Å²) in [4.78, 5) is 30.0. The molecule has 0 saturated carbocycles. The zero-order valence-corrected chi connectivity index (χ0v) is 17.0. The SMILES string of the molecule is COC[C@@H](C)NC(=O)CSc1nc2ccccc2c(=O)n1-c1ccc(C)cc1. The van der Waals surface area contributed by atoms with Gasteiger partial charge in [-0.2, -0.15) is 0 Å². The molecular formula is C21H23N3O3S. The zero-order valence-electron chi connectivity index (χ0n) is 16.1. The number of rotatable bonds is 7. The van der Waals surface area contributed by atoms with Gasteiger partial charge in [0.15, 0.2) is 5.16 Å². The summed E-state index contributed by atoms with van der Waals surface area (Å²) in [7, 11) is 1.59. The van der Waals surface area contributed by atoms with E-state index in [0.29, 0.717) is 22.7 Å². The molecule has 1 atom stereocenters. The second-order valence-corrected chi connectivity index (χ2v) is 7.54. The predicted molar refractivity (Wildman–Crippen MR) is 112 cm³/mol. The van der Waals surface area contributed by atoms with E-state index < -0.39 is 0 Å². The number of ether oxygens (including phenoxy) is 1. The van der Waals surface area contributed by atoms with Gasteiger partial charge >= 0.3 is 0 Å². The smallest absolute Gasteiger partial charge is 0.266 e. The van der Waals surface area contributed by atoms with E-state index in [4.69, 9.17) is 4.74 Å². The molecule has 28 heavy (non-hydrogen) atoms. The summed E-state index contributed by atoms with van der Waals surface area (Å²) in [5.74, 6) is 0.0254. The Balaban J connectivity index is 1.96. The summed E-state index contributed by atoms with van der Waals surface area (Å²) in [6.45, 7) is 4.31. The highest BCUT2D eigenvalue weighted by atomic mass is 32.2. The number of aryl methyl sites for hydroxylation is 1. The maximum atomic E-state index is 13.1. The van der Waals surface area contributed by atoms with E-state index in [1.807, 2.05) is 50.2 Å². The first-order valence-electron chi connectivity index (χ1n) is 8.99. The third-order valence-corrected chi connectivity index (χ3v) is 5.13. The number of nitrogens with one attached hydrogen (secondary N) is 1. The number of fused-ring (bicyclic) bond motifs is 1. The van der Waals surface area contributed by atoms with Crippen LogP contribution in [0.15, 0.2) is 58.5 Å². The number of hydrogen-bond acceptors (Lipinski definition) is 5. The fourth-order valence-corrected chi connectivity index (χ4v) is 3.69. The van der Waals surface area contributed by atoms with Crippen LogP contribution in [-0.2, 0) is 9.53 Å². The van der Waals surface area contributed by atoms with Gasteiger partial charge in [-0.3, -0.25) is 14.2 Å². The molecular weight excluding hydrogens is 374 g/mol. The predicted octanol–water partition coefficient (Wildman–Crippen LogP) is 2.94. The van der Waals surface area contributed by atoms with Crippen molar-refractivity contribution in [2.75, 3.05) is 19.5 Å². The number of para-hydroxylation sites is 1. The Labute approximate surface area is 167 Å². The lowest BCUT2D eigenvalue weighted by Crippen LogP contribution is -2.36. The van der Waals surface area contributed by atoms with Crippen molar-refractivity contribution in [3.63, 3.8) is 0 Å². The molecule has 1 amide bonds. The number of carbonyl (C=O) groups excluding carboxylic acids is 1. The molecule has 1 aromatic heterocycles. The molecule has 0 radical (unpaired) electrons. The summed E-state index contributed by atoms with van der Waals surface area (Å²) in [5, 5.41) is 3.90. The van der Waals surface area contributed by atoms with Gasteiger partial charge in [-0.15, -0.1) is 0 Å². The van der Waals surface area contributed by atoms with Gasteiger partial charge in [0.2, 0.25) is 5.91 Å². The maximum absolute atomic E-state index is 13.1. The van der Waals surface area contributed by atoms with Crippen LogP contribution >= 0.6 is 11.8 Å². The zero-order chi connectivity index (χ0) is 20.1. The van der Waals surface area contributed by atoms with Gasteiger partial charge in [0.1, 0.15) is 0 Å². The summed E-state index contributed by atoms with van der Waals surface area (Å²) in [5.41, 5.74) is 2.30. The number of benzene rings is 2. The highest BCUT2D eigenvalue weighted by Gasteiger charge is 2.15. The molecule has 0 aliphatic rings. The lowest BCUT2D eigenvalue weighted by molar-refractivity contribution is -0.119. The van der Waals surface area contributed by atoms with Crippen molar-refractivity contribution >= 4 is 28.6 Å². The van der Waals surface area contributed by atoms with E-state index in [9.17, 15) is 9.59 Å². The molecule has 0 fully saturated rings. The fraction of sp³-hybridized carbons (Fsp3) is 0.286. The van der Waals surface area contributed by atoms with E-state index in [-0.39, 0.29) is 23.3 Å². The molecule has 0 saturated heterocycles. The van der Waals surface area contributed by atoms with Crippen LogP contribution in [0.1, 0.15) is 12.5 Å². The third-order valence-electron chi connectivity index (χ3n) is 4.19. The molecule has 1 heterocycles. The Bertz CT molecular complexity index is 1030. The van der Waals surface area contributed by atoms with Crippen LogP contribution in [0.25, 0.3) is 16.6 Å². The second-order valence-electron chi connectivity index (χ2n) is 6.60. The van der Waals surface area contributed by atoms with Gasteiger partial charge in [0.05, 0.1) is 29.0 Å². The van der Waals surface area contributed by atoms with E-state index in [1.165, 1.54) is 11.8 Å². The van der Waals surface area contributed by atoms with Gasteiger partial charge < -0.3 is 10.1 Å². The van der Waals surface area contributed by atoms with Crippen molar-refractivity contribution < 1.29 is 9.53 Å². The van der Waals surface area contributed by atoms with Crippen LogP contribution in [0.4, 0.5) is 0 Å². The van der Waals surface area contributed by atoms with Crippen molar-refractivity contribution in [2.24, 2.45) is 0 Å². The topological polar surface area (TPSA) is 73.2 Å². The van der Waals surface area contributed by atoms with Crippen LogP contribution < -0.4 is 10.9 Å². The average Bonchev–Trinajstić information content (AvgIpc) is 2.68. The van der Waals surface area contributed by atoms with Crippen LogP contribution in [-0.4, -0.2) is 41.0 Å². The first-order chi connectivity index (χ1) is 13.5. The third kappa shape index (κ3) is 4.61. The lowest BCUT2D eigenvalue weighted by Gasteiger charge is -2.15. The van der Waals surface area contributed by atoms with Gasteiger partial charge in [-0.1, -0.05) is 41.6 Å². The molecule has 146 valence electrons. The number of thioether (sulfide) groups is 1. The fourth-order valence-electron chi connectivity index (χ4n) is 2.87. The van der Waals surface area contributed by atoms with E-state index in [1.54, 1.807) is 23.8 Å². The highest BCUT2D eigenvalue weighted by molar-refractivity contribution is 7.99. The quantitative estimate of drug-likeness (QED) is 0.490. The molecule has 3 aromatic rings. The molecule has 3 rings (SSSR count). The van der Waals surface area contributed by atoms with Crippen LogP contribution in [0.3, 0.4) is 0 Å². The van der Waals surface area contributed by atoms with Crippen molar-refractivity contribution in [3.8, 4) is 5.69 Å². The molecule has 0 unspecified atom stereocenters. The minimum atomic E-state index is -0.148. The largest absolute Gasteiger partial charge is 0.383 e. The second kappa shape index (κ2) is 9.03.